The molecule has 9 heteroatoms. The molecule has 2 aromatic carbocycles. The first-order valence-electron chi connectivity index (χ1n) is 8.22. The van der Waals surface area contributed by atoms with E-state index in [1.165, 1.54) is 18.7 Å². The van der Waals surface area contributed by atoms with Crippen molar-refractivity contribution in [2.45, 2.75) is 24.3 Å². The zero-order chi connectivity index (χ0) is 19.2. The molecule has 0 bridgehead atoms. The highest BCUT2D eigenvalue weighted by atomic mass is 32.2. The topological polar surface area (TPSA) is 102 Å². The molecular formula is C18H18N6O2S. The van der Waals surface area contributed by atoms with Gasteiger partial charge in [0.1, 0.15) is 0 Å². The Morgan fingerprint density at radius 3 is 2.26 bits per heavy atom. The molecule has 0 fully saturated rings. The Bertz CT molecular complexity index is 927. The van der Waals surface area contributed by atoms with Gasteiger partial charge in [0, 0.05) is 18.3 Å². The summed E-state index contributed by atoms with van der Waals surface area (Å²) in [5, 5.41) is 17.3. The van der Waals surface area contributed by atoms with Crippen LogP contribution >= 0.6 is 11.8 Å². The quantitative estimate of drug-likeness (QED) is 0.636. The second-order valence-electron chi connectivity index (χ2n) is 5.72. The highest BCUT2D eigenvalue weighted by Gasteiger charge is 2.19. The van der Waals surface area contributed by atoms with Crippen molar-refractivity contribution >= 4 is 35.0 Å². The standard InChI is InChI=1S/C18H18N6O2S/c1-12(17(26)20-15-10-8-14(9-11-15)19-13(2)25)27-18-21-22-23-24(18)16-6-4-3-5-7-16/h3-12H,1-2H3,(H,19,25)(H,20,26)/t12-/m1/s1. The van der Waals surface area contributed by atoms with E-state index in [0.29, 0.717) is 16.5 Å². The van der Waals surface area contributed by atoms with Gasteiger partial charge < -0.3 is 10.6 Å². The van der Waals surface area contributed by atoms with Gasteiger partial charge in [-0.1, -0.05) is 30.0 Å². The Hall–Kier alpha value is -3.20. The molecule has 0 radical (unpaired) electrons. The average molecular weight is 382 g/mol. The predicted octanol–water partition coefficient (Wildman–Crippen LogP) is 2.74. The number of amides is 2. The number of nitrogens with zero attached hydrogens (tertiary/aromatic N) is 4. The van der Waals surface area contributed by atoms with Crippen molar-refractivity contribution in [1.82, 2.24) is 20.2 Å². The number of para-hydroxylation sites is 1. The van der Waals surface area contributed by atoms with E-state index in [9.17, 15) is 9.59 Å². The zero-order valence-electron chi connectivity index (χ0n) is 14.8. The van der Waals surface area contributed by atoms with Gasteiger partial charge in [-0.15, -0.1) is 5.10 Å². The van der Waals surface area contributed by atoms with Gasteiger partial charge in [0.05, 0.1) is 10.9 Å². The van der Waals surface area contributed by atoms with Crippen LogP contribution in [0.25, 0.3) is 5.69 Å². The number of rotatable bonds is 6. The largest absolute Gasteiger partial charge is 0.326 e. The lowest BCUT2D eigenvalue weighted by Crippen LogP contribution is -2.23. The van der Waals surface area contributed by atoms with Gasteiger partial charge in [0.15, 0.2) is 0 Å². The lowest BCUT2D eigenvalue weighted by Gasteiger charge is -2.12. The first kappa shape index (κ1) is 18.6. The van der Waals surface area contributed by atoms with Gasteiger partial charge in [0.2, 0.25) is 17.0 Å². The minimum absolute atomic E-state index is 0.145. The maximum absolute atomic E-state index is 12.5. The molecular weight excluding hydrogens is 364 g/mol. The smallest absolute Gasteiger partial charge is 0.237 e. The van der Waals surface area contributed by atoms with Crippen LogP contribution in [0.15, 0.2) is 59.8 Å². The van der Waals surface area contributed by atoms with E-state index >= 15 is 0 Å². The Balaban J connectivity index is 1.63. The van der Waals surface area contributed by atoms with Crippen molar-refractivity contribution in [1.29, 1.82) is 0 Å². The number of nitrogens with one attached hydrogen (secondary N) is 2. The number of anilines is 2. The summed E-state index contributed by atoms with van der Waals surface area (Å²) in [7, 11) is 0. The highest BCUT2D eigenvalue weighted by Crippen LogP contribution is 2.24. The van der Waals surface area contributed by atoms with E-state index in [1.807, 2.05) is 30.3 Å². The number of carbonyl (C=O) groups excluding carboxylic acids is 2. The second-order valence-corrected chi connectivity index (χ2v) is 7.02. The third-order valence-corrected chi connectivity index (χ3v) is 4.60. The Kier molecular flexibility index (Phi) is 5.82. The molecule has 0 saturated carbocycles. The van der Waals surface area contributed by atoms with Gasteiger partial charge in [-0.25, -0.2) is 0 Å². The van der Waals surface area contributed by atoms with Crippen molar-refractivity contribution in [3.05, 3.63) is 54.6 Å². The van der Waals surface area contributed by atoms with Gasteiger partial charge in [-0.3, -0.25) is 9.59 Å². The molecule has 138 valence electrons. The average Bonchev–Trinajstić information content (AvgIpc) is 3.11. The SMILES string of the molecule is CC(=O)Nc1ccc(NC(=O)[C@@H](C)Sc2nnnn2-c2ccccc2)cc1. The number of hydrogen-bond acceptors (Lipinski definition) is 6. The summed E-state index contributed by atoms with van der Waals surface area (Å²) in [6, 6.07) is 16.4. The molecule has 2 N–H and O–H groups in total. The van der Waals surface area contributed by atoms with E-state index in [0.717, 1.165) is 5.69 Å². The molecule has 8 nitrogen and oxygen atoms in total. The normalized spacial score (nSPS) is 11.6. The number of benzene rings is 2. The van der Waals surface area contributed by atoms with Crippen LogP contribution in [-0.2, 0) is 9.59 Å². The Morgan fingerprint density at radius 1 is 1.00 bits per heavy atom. The second kappa shape index (κ2) is 8.45. The number of aromatic nitrogens is 4. The lowest BCUT2D eigenvalue weighted by molar-refractivity contribution is -0.115. The number of hydrogen-bond donors (Lipinski definition) is 2. The van der Waals surface area contributed by atoms with Crippen LogP contribution in [0.4, 0.5) is 11.4 Å². The molecule has 0 aliphatic heterocycles. The van der Waals surface area contributed by atoms with E-state index < -0.39 is 5.25 Å². The molecule has 3 rings (SSSR count). The fraction of sp³-hybridized carbons (Fsp3) is 0.167. The predicted molar refractivity (Wildman–Crippen MR) is 104 cm³/mol. The molecule has 0 aliphatic carbocycles. The van der Waals surface area contributed by atoms with Crippen molar-refractivity contribution < 1.29 is 9.59 Å². The maximum Gasteiger partial charge on any atom is 0.237 e. The van der Waals surface area contributed by atoms with Crippen LogP contribution in [0.3, 0.4) is 0 Å². The monoisotopic (exact) mass is 382 g/mol. The fourth-order valence-corrected chi connectivity index (χ4v) is 3.09. The summed E-state index contributed by atoms with van der Waals surface area (Å²) >= 11 is 1.27. The molecule has 0 saturated heterocycles. The first-order chi connectivity index (χ1) is 13.0. The van der Waals surface area contributed by atoms with Crippen LogP contribution in [0.1, 0.15) is 13.8 Å². The van der Waals surface area contributed by atoms with Gasteiger partial charge in [0.25, 0.3) is 0 Å². The van der Waals surface area contributed by atoms with Gasteiger partial charge >= 0.3 is 0 Å². The third-order valence-electron chi connectivity index (χ3n) is 3.57. The van der Waals surface area contributed by atoms with Crippen molar-refractivity contribution in [3.63, 3.8) is 0 Å². The number of carbonyl (C=O) groups is 2. The third kappa shape index (κ3) is 4.91. The molecule has 1 aromatic heterocycles. The van der Waals surface area contributed by atoms with Crippen molar-refractivity contribution in [2.24, 2.45) is 0 Å². The molecule has 1 heterocycles. The molecule has 0 unspecified atom stereocenters. The summed E-state index contributed by atoms with van der Waals surface area (Å²) in [6.45, 7) is 3.23. The summed E-state index contributed by atoms with van der Waals surface area (Å²) in [5.74, 6) is -0.317. The number of thioether (sulfide) groups is 1. The van der Waals surface area contributed by atoms with Crippen LogP contribution in [0.5, 0.6) is 0 Å². The number of tetrazole rings is 1. The highest BCUT2D eigenvalue weighted by molar-refractivity contribution is 8.00. The first-order valence-corrected chi connectivity index (χ1v) is 9.10. The van der Waals surface area contributed by atoms with Crippen molar-refractivity contribution in [3.8, 4) is 5.69 Å². The summed E-state index contributed by atoms with van der Waals surface area (Å²) in [4.78, 5) is 23.5. The minimum Gasteiger partial charge on any atom is -0.326 e. The molecule has 1 atom stereocenters. The summed E-state index contributed by atoms with van der Waals surface area (Å²) in [6.07, 6.45) is 0. The maximum atomic E-state index is 12.5. The summed E-state index contributed by atoms with van der Waals surface area (Å²) < 4.78 is 1.59. The van der Waals surface area contributed by atoms with Crippen LogP contribution in [-0.4, -0.2) is 37.3 Å². The van der Waals surface area contributed by atoms with Crippen molar-refractivity contribution in [2.75, 3.05) is 10.6 Å². The van der Waals surface area contributed by atoms with E-state index in [-0.39, 0.29) is 11.8 Å². The van der Waals surface area contributed by atoms with E-state index in [2.05, 4.69) is 26.2 Å². The van der Waals surface area contributed by atoms with Gasteiger partial charge in [-0.05, 0) is 53.7 Å². The minimum atomic E-state index is -0.409. The zero-order valence-corrected chi connectivity index (χ0v) is 15.6. The lowest BCUT2D eigenvalue weighted by atomic mass is 10.2. The fourth-order valence-electron chi connectivity index (χ4n) is 2.28. The molecule has 27 heavy (non-hydrogen) atoms. The summed E-state index contributed by atoms with van der Waals surface area (Å²) in [5.41, 5.74) is 2.14. The van der Waals surface area contributed by atoms with Crippen LogP contribution < -0.4 is 10.6 Å². The Morgan fingerprint density at radius 2 is 1.63 bits per heavy atom. The molecule has 3 aromatic rings. The molecule has 2 amide bonds. The molecule has 0 aliphatic rings. The van der Waals surface area contributed by atoms with E-state index in [4.69, 9.17) is 0 Å². The Labute approximate surface area is 160 Å². The molecule has 0 spiro atoms. The van der Waals surface area contributed by atoms with E-state index in [1.54, 1.807) is 35.9 Å². The van der Waals surface area contributed by atoms with Crippen LogP contribution in [0.2, 0.25) is 0 Å². The van der Waals surface area contributed by atoms with Crippen LogP contribution in [0, 0.1) is 0 Å². The van der Waals surface area contributed by atoms with Gasteiger partial charge in [-0.2, -0.15) is 4.68 Å².